The molecule has 4 heterocycles. The lowest BCUT2D eigenvalue weighted by Crippen LogP contribution is -3.13. The van der Waals surface area contributed by atoms with Crippen LogP contribution in [0.3, 0.4) is 0 Å². The number of benzene rings is 2. The zero-order valence-corrected chi connectivity index (χ0v) is 21.2. The first kappa shape index (κ1) is 23.4. The second kappa shape index (κ2) is 9.44. The van der Waals surface area contributed by atoms with Crippen LogP contribution in [0.1, 0.15) is 23.6 Å². The largest absolute Gasteiger partial charge is 0.495 e. The van der Waals surface area contributed by atoms with Gasteiger partial charge >= 0.3 is 6.03 Å². The van der Waals surface area contributed by atoms with E-state index < -0.39 is 6.03 Å². The molecule has 37 heavy (non-hydrogen) atoms. The number of pyridine rings is 1. The topological polar surface area (TPSA) is 81.7 Å². The molecule has 4 aromatic rings. The summed E-state index contributed by atoms with van der Waals surface area (Å²) in [5.74, 6) is 1.33. The Labute approximate surface area is 215 Å². The van der Waals surface area contributed by atoms with Crippen molar-refractivity contribution in [2.24, 2.45) is 13.0 Å². The summed E-state index contributed by atoms with van der Waals surface area (Å²) in [6.07, 6.45) is 3.37. The summed E-state index contributed by atoms with van der Waals surface area (Å²) < 4.78 is 9.39. The van der Waals surface area contributed by atoms with Crippen molar-refractivity contribution >= 4 is 28.3 Å². The summed E-state index contributed by atoms with van der Waals surface area (Å²) in [4.78, 5) is 27.6. The number of hydrogen-bond acceptors (Lipinski definition) is 3. The molecule has 0 saturated carbocycles. The Bertz CT molecular complexity index is 1540. The van der Waals surface area contributed by atoms with Gasteiger partial charge in [0.1, 0.15) is 18.0 Å². The molecule has 3 N–H and O–H groups in total. The minimum Gasteiger partial charge on any atom is -0.495 e. The third kappa shape index (κ3) is 4.38. The molecular formula is C29H32N5O3+. The number of aromatic nitrogens is 2. The van der Waals surface area contributed by atoms with Crippen molar-refractivity contribution in [2.75, 3.05) is 30.8 Å². The van der Waals surface area contributed by atoms with E-state index in [9.17, 15) is 9.59 Å². The Morgan fingerprint density at radius 3 is 2.68 bits per heavy atom. The molecule has 3 atom stereocenters. The highest BCUT2D eigenvalue weighted by Gasteiger charge is 2.37. The highest BCUT2D eigenvalue weighted by molar-refractivity contribution is 6.00. The molecule has 0 spiro atoms. The maximum absolute atomic E-state index is 13.4. The summed E-state index contributed by atoms with van der Waals surface area (Å²) in [5, 5.41) is 6.84. The molecule has 2 aliphatic heterocycles. The summed E-state index contributed by atoms with van der Waals surface area (Å²) in [6, 6.07) is 19.0. The van der Waals surface area contributed by atoms with Crippen LogP contribution in [0, 0.1) is 5.92 Å². The van der Waals surface area contributed by atoms with Gasteiger partial charge in [-0.1, -0.05) is 30.3 Å². The Kier molecular flexibility index (Phi) is 5.96. The first-order valence-electron chi connectivity index (χ1n) is 12.8. The number of hydrogen-bond donors (Lipinski definition) is 3. The fourth-order valence-electron chi connectivity index (χ4n) is 6.27. The van der Waals surface area contributed by atoms with Crippen molar-refractivity contribution < 1.29 is 14.4 Å². The van der Waals surface area contributed by atoms with E-state index in [2.05, 4.69) is 52.7 Å². The number of nitrogens with one attached hydrogen (secondary N) is 3. The molecule has 6 rings (SSSR count). The highest BCUT2D eigenvalue weighted by atomic mass is 16.5. The van der Waals surface area contributed by atoms with Gasteiger partial charge in [0.05, 0.1) is 25.9 Å². The van der Waals surface area contributed by atoms with Gasteiger partial charge in [0.2, 0.25) is 0 Å². The third-order valence-corrected chi connectivity index (χ3v) is 7.82. The number of carbonyl (C=O) groups is 1. The van der Waals surface area contributed by atoms with E-state index in [1.807, 2.05) is 22.8 Å². The Hall–Kier alpha value is -4.04. The van der Waals surface area contributed by atoms with Crippen LogP contribution in [0.4, 0.5) is 16.2 Å². The van der Waals surface area contributed by atoms with Crippen LogP contribution in [0.15, 0.2) is 71.7 Å². The fraction of sp³-hybridized carbons (Fsp3) is 0.310. The smallest absolute Gasteiger partial charge is 0.323 e. The van der Waals surface area contributed by atoms with E-state index in [0.29, 0.717) is 29.8 Å². The SMILES string of the molecule is COc1ccccc1NC(=O)Nc1ccc2n(c1=O)C[C@H]1C[C@@H]2C[NH+](Cc2cn(C)c3ccccc23)C1. The van der Waals surface area contributed by atoms with Crippen molar-refractivity contribution in [3.63, 3.8) is 0 Å². The van der Waals surface area contributed by atoms with Gasteiger partial charge in [0.15, 0.2) is 0 Å². The van der Waals surface area contributed by atoms with Crippen molar-refractivity contribution in [1.29, 1.82) is 0 Å². The van der Waals surface area contributed by atoms with E-state index >= 15 is 0 Å². The molecular weight excluding hydrogens is 466 g/mol. The third-order valence-electron chi connectivity index (χ3n) is 7.82. The number of ether oxygens (including phenoxy) is 1. The fourth-order valence-corrected chi connectivity index (χ4v) is 6.27. The van der Waals surface area contributed by atoms with Crippen molar-refractivity contribution in [1.82, 2.24) is 9.13 Å². The number of piperidine rings is 1. The lowest BCUT2D eigenvalue weighted by atomic mass is 9.83. The number of amides is 2. The number of likely N-dealkylation sites (tertiary alicyclic amines) is 1. The summed E-state index contributed by atoms with van der Waals surface area (Å²) in [6.45, 7) is 3.71. The standard InChI is InChI=1S/C29H31N5O3/c1-32-16-21(22-7-3-5-9-26(22)32)18-33-14-19-13-20(17-33)25-12-11-24(28(35)34(25)15-19)31-29(36)30-23-8-4-6-10-27(23)37-2/h3-12,16,19-20H,13-15,17-18H2,1-2H3,(H2,30,31,36)/p+1/t19-,20+/m0/s1. The summed E-state index contributed by atoms with van der Waals surface area (Å²) in [5.41, 5.74) is 4.42. The monoisotopic (exact) mass is 498 g/mol. The molecule has 2 aliphatic rings. The van der Waals surface area contributed by atoms with E-state index in [1.54, 1.807) is 30.2 Å². The van der Waals surface area contributed by atoms with Gasteiger partial charge in [-0.05, 0) is 36.8 Å². The maximum atomic E-state index is 13.4. The molecule has 0 aliphatic carbocycles. The number of rotatable bonds is 5. The first-order valence-corrected chi connectivity index (χ1v) is 12.8. The van der Waals surface area contributed by atoms with Gasteiger partial charge < -0.3 is 29.4 Å². The van der Waals surface area contributed by atoms with Crippen molar-refractivity contribution in [3.8, 4) is 5.75 Å². The van der Waals surface area contributed by atoms with E-state index in [-0.39, 0.29) is 11.2 Å². The predicted octanol–water partition coefficient (Wildman–Crippen LogP) is 3.19. The van der Waals surface area contributed by atoms with Gasteiger partial charge in [-0.2, -0.15) is 0 Å². The van der Waals surface area contributed by atoms with Crippen LogP contribution in [0.2, 0.25) is 0 Å². The number of methoxy groups -OCH3 is 1. The Balaban J connectivity index is 1.19. The lowest BCUT2D eigenvalue weighted by molar-refractivity contribution is -0.924. The number of nitrogens with zero attached hydrogens (tertiary/aromatic N) is 2. The Morgan fingerprint density at radius 1 is 1.03 bits per heavy atom. The van der Waals surface area contributed by atoms with Gasteiger partial charge in [-0.25, -0.2) is 4.79 Å². The molecule has 1 fully saturated rings. The number of urea groups is 1. The second-order valence-electron chi connectivity index (χ2n) is 10.3. The zero-order chi connectivity index (χ0) is 25.5. The van der Waals surface area contributed by atoms with Crippen LogP contribution in [0.25, 0.3) is 10.9 Å². The summed E-state index contributed by atoms with van der Waals surface area (Å²) >= 11 is 0. The van der Waals surface area contributed by atoms with E-state index in [4.69, 9.17) is 4.74 Å². The minimum absolute atomic E-state index is 0.139. The molecule has 0 radical (unpaired) electrons. The Morgan fingerprint density at radius 2 is 1.81 bits per heavy atom. The minimum atomic E-state index is -0.469. The molecule has 2 aromatic carbocycles. The molecule has 8 heteroatoms. The molecule has 1 unspecified atom stereocenters. The molecule has 8 nitrogen and oxygen atoms in total. The predicted molar refractivity (Wildman–Crippen MR) is 145 cm³/mol. The molecule has 2 bridgehead atoms. The highest BCUT2D eigenvalue weighted by Crippen LogP contribution is 2.31. The van der Waals surface area contributed by atoms with Gasteiger partial charge in [0, 0.05) is 53.8 Å². The zero-order valence-electron chi connectivity index (χ0n) is 21.2. The van der Waals surface area contributed by atoms with Crippen LogP contribution in [0.5, 0.6) is 5.75 Å². The van der Waals surface area contributed by atoms with Crippen LogP contribution >= 0.6 is 0 Å². The molecule has 2 amide bonds. The number of anilines is 2. The lowest BCUT2D eigenvalue weighted by Gasteiger charge is -2.40. The van der Waals surface area contributed by atoms with Crippen LogP contribution in [-0.2, 0) is 20.1 Å². The average Bonchev–Trinajstić information content (AvgIpc) is 3.21. The second-order valence-corrected chi connectivity index (χ2v) is 10.3. The number of carbonyl (C=O) groups excluding carboxylic acids is 1. The van der Waals surface area contributed by atoms with Crippen molar-refractivity contribution in [3.05, 3.63) is 88.5 Å². The van der Waals surface area contributed by atoms with E-state index in [1.165, 1.54) is 16.5 Å². The normalized spacial score (nSPS) is 20.3. The number of para-hydroxylation sites is 3. The number of fused-ring (bicyclic) bond motifs is 5. The maximum Gasteiger partial charge on any atom is 0.323 e. The van der Waals surface area contributed by atoms with E-state index in [0.717, 1.165) is 31.7 Å². The average molecular weight is 499 g/mol. The van der Waals surface area contributed by atoms with Gasteiger partial charge in [0.25, 0.3) is 5.56 Å². The number of quaternary nitrogens is 1. The van der Waals surface area contributed by atoms with Crippen molar-refractivity contribution in [2.45, 2.75) is 25.4 Å². The molecule has 2 aromatic heterocycles. The van der Waals surface area contributed by atoms with Gasteiger partial charge in [-0.15, -0.1) is 0 Å². The molecule has 1 saturated heterocycles. The number of aryl methyl sites for hydroxylation is 1. The summed E-state index contributed by atoms with van der Waals surface area (Å²) in [7, 11) is 3.66. The first-order chi connectivity index (χ1) is 18.0. The van der Waals surface area contributed by atoms with Gasteiger partial charge in [-0.3, -0.25) is 4.79 Å². The molecule has 190 valence electrons. The van der Waals surface area contributed by atoms with Crippen LogP contribution < -0.4 is 25.8 Å². The quantitative estimate of drug-likeness (QED) is 0.395. The van der Waals surface area contributed by atoms with Crippen LogP contribution in [-0.4, -0.2) is 35.4 Å².